The summed E-state index contributed by atoms with van der Waals surface area (Å²) in [6.45, 7) is 1.57. The van der Waals surface area contributed by atoms with Crippen LogP contribution in [-0.2, 0) is 4.79 Å². The zero-order chi connectivity index (χ0) is 13.0. The van der Waals surface area contributed by atoms with Crippen LogP contribution in [0.1, 0.15) is 12.0 Å². The summed E-state index contributed by atoms with van der Waals surface area (Å²) in [6, 6.07) is 7.80. The zero-order valence-corrected chi connectivity index (χ0v) is 11.6. The van der Waals surface area contributed by atoms with Crippen molar-refractivity contribution in [2.75, 3.05) is 19.7 Å². The van der Waals surface area contributed by atoms with Crippen LogP contribution in [0.25, 0.3) is 6.08 Å². The van der Waals surface area contributed by atoms with Gasteiger partial charge in [0.1, 0.15) is 0 Å². The molecule has 1 heterocycles. The number of aliphatic hydroxyl groups is 1. The summed E-state index contributed by atoms with van der Waals surface area (Å²) in [5, 5.41) is 9.04. The van der Waals surface area contributed by atoms with Crippen molar-refractivity contribution in [1.29, 1.82) is 0 Å². The highest BCUT2D eigenvalue weighted by molar-refractivity contribution is 9.10. The first-order valence-electron chi connectivity index (χ1n) is 6.02. The number of amides is 1. The molecule has 1 aromatic rings. The van der Waals surface area contributed by atoms with Crippen molar-refractivity contribution in [3.8, 4) is 0 Å². The molecule has 96 valence electrons. The van der Waals surface area contributed by atoms with Gasteiger partial charge in [-0.3, -0.25) is 4.79 Å². The van der Waals surface area contributed by atoms with Crippen LogP contribution in [0.4, 0.5) is 0 Å². The average molecular weight is 310 g/mol. The Hall–Kier alpha value is -1.13. The number of hydrogen-bond donors (Lipinski definition) is 1. The van der Waals surface area contributed by atoms with Crippen molar-refractivity contribution < 1.29 is 9.90 Å². The molecule has 1 fully saturated rings. The van der Waals surface area contributed by atoms with Crippen molar-refractivity contribution in [2.24, 2.45) is 5.92 Å². The minimum absolute atomic E-state index is 0.0194. The predicted molar refractivity (Wildman–Crippen MR) is 74.9 cm³/mol. The van der Waals surface area contributed by atoms with E-state index < -0.39 is 0 Å². The highest BCUT2D eigenvalue weighted by atomic mass is 79.9. The number of aliphatic hydroxyl groups excluding tert-OH is 1. The molecular weight excluding hydrogens is 294 g/mol. The molecule has 18 heavy (non-hydrogen) atoms. The monoisotopic (exact) mass is 309 g/mol. The highest BCUT2D eigenvalue weighted by Gasteiger charge is 2.23. The maximum atomic E-state index is 11.9. The second-order valence-electron chi connectivity index (χ2n) is 4.51. The van der Waals surface area contributed by atoms with E-state index in [4.69, 9.17) is 5.11 Å². The van der Waals surface area contributed by atoms with Gasteiger partial charge in [-0.25, -0.2) is 0 Å². The summed E-state index contributed by atoms with van der Waals surface area (Å²) >= 11 is 3.40. The number of hydrogen-bond acceptors (Lipinski definition) is 2. The number of halogens is 1. The third-order valence-electron chi connectivity index (χ3n) is 3.12. The first-order chi connectivity index (χ1) is 8.69. The van der Waals surface area contributed by atoms with Crippen LogP contribution in [0.5, 0.6) is 0 Å². The molecule has 0 aromatic heterocycles. The van der Waals surface area contributed by atoms with Gasteiger partial charge in [-0.05, 0) is 30.2 Å². The average Bonchev–Trinajstić information content (AvgIpc) is 2.85. The van der Waals surface area contributed by atoms with E-state index in [1.807, 2.05) is 30.3 Å². The SMILES string of the molecule is O=C(/C=C/c1cccc(Br)c1)N1CCC(CO)C1. The first-order valence-corrected chi connectivity index (χ1v) is 6.82. The molecule has 2 rings (SSSR count). The lowest BCUT2D eigenvalue weighted by Gasteiger charge is -2.13. The largest absolute Gasteiger partial charge is 0.396 e. The Labute approximate surface area is 115 Å². The van der Waals surface area contributed by atoms with E-state index in [1.165, 1.54) is 0 Å². The van der Waals surface area contributed by atoms with Gasteiger partial charge in [0.15, 0.2) is 0 Å². The van der Waals surface area contributed by atoms with Gasteiger partial charge in [-0.1, -0.05) is 28.1 Å². The summed E-state index contributed by atoms with van der Waals surface area (Å²) < 4.78 is 0.999. The molecule has 0 saturated carbocycles. The summed E-state index contributed by atoms with van der Waals surface area (Å²) in [5.74, 6) is 0.263. The van der Waals surface area contributed by atoms with Crippen LogP contribution in [-0.4, -0.2) is 35.6 Å². The number of carbonyl (C=O) groups excluding carboxylic acids is 1. The van der Waals surface area contributed by atoms with Crippen molar-refractivity contribution in [3.05, 3.63) is 40.4 Å². The molecule has 1 saturated heterocycles. The number of nitrogens with zero attached hydrogens (tertiary/aromatic N) is 1. The van der Waals surface area contributed by atoms with Gasteiger partial charge in [-0.15, -0.1) is 0 Å². The molecule has 1 amide bonds. The van der Waals surface area contributed by atoms with Gasteiger partial charge in [0.25, 0.3) is 0 Å². The van der Waals surface area contributed by atoms with Gasteiger partial charge in [0, 0.05) is 36.2 Å². The van der Waals surface area contributed by atoms with Gasteiger partial charge < -0.3 is 10.0 Å². The topological polar surface area (TPSA) is 40.5 Å². The quantitative estimate of drug-likeness (QED) is 0.870. The summed E-state index contributed by atoms with van der Waals surface area (Å²) in [4.78, 5) is 13.7. The summed E-state index contributed by atoms with van der Waals surface area (Å²) in [6.07, 6.45) is 4.31. The van der Waals surface area contributed by atoms with Crippen LogP contribution < -0.4 is 0 Å². The fraction of sp³-hybridized carbons (Fsp3) is 0.357. The van der Waals surface area contributed by atoms with E-state index in [0.717, 1.165) is 23.0 Å². The highest BCUT2D eigenvalue weighted by Crippen LogP contribution is 2.16. The maximum absolute atomic E-state index is 11.9. The van der Waals surface area contributed by atoms with E-state index in [-0.39, 0.29) is 18.4 Å². The van der Waals surface area contributed by atoms with E-state index >= 15 is 0 Å². The van der Waals surface area contributed by atoms with Crippen molar-refractivity contribution in [1.82, 2.24) is 4.90 Å². The fourth-order valence-electron chi connectivity index (χ4n) is 2.07. The Morgan fingerprint density at radius 2 is 2.39 bits per heavy atom. The minimum atomic E-state index is 0.0194. The Balaban J connectivity index is 1.95. The maximum Gasteiger partial charge on any atom is 0.246 e. The molecule has 0 radical (unpaired) electrons. The molecule has 0 bridgehead atoms. The number of carbonyl (C=O) groups is 1. The second-order valence-corrected chi connectivity index (χ2v) is 5.43. The van der Waals surface area contributed by atoms with Crippen LogP contribution in [0.3, 0.4) is 0 Å². The number of rotatable bonds is 3. The van der Waals surface area contributed by atoms with E-state index in [9.17, 15) is 4.79 Å². The van der Waals surface area contributed by atoms with E-state index in [2.05, 4.69) is 15.9 Å². The number of likely N-dealkylation sites (tertiary alicyclic amines) is 1. The van der Waals surface area contributed by atoms with E-state index in [1.54, 1.807) is 11.0 Å². The third kappa shape index (κ3) is 3.43. The molecular formula is C14H16BrNO2. The molecule has 1 atom stereocenters. The van der Waals surface area contributed by atoms with Gasteiger partial charge >= 0.3 is 0 Å². The van der Waals surface area contributed by atoms with Crippen LogP contribution in [0, 0.1) is 5.92 Å². The smallest absolute Gasteiger partial charge is 0.246 e. The standard InChI is InChI=1S/C14H16BrNO2/c15-13-3-1-2-11(8-13)4-5-14(18)16-7-6-12(9-16)10-17/h1-5,8,12,17H,6-7,9-10H2/b5-4+. The minimum Gasteiger partial charge on any atom is -0.396 e. The summed E-state index contributed by atoms with van der Waals surface area (Å²) in [7, 11) is 0. The lowest BCUT2D eigenvalue weighted by atomic mass is 10.1. The molecule has 4 heteroatoms. The van der Waals surface area contributed by atoms with Crippen LogP contribution >= 0.6 is 15.9 Å². The van der Waals surface area contributed by atoms with Crippen LogP contribution in [0.2, 0.25) is 0 Å². The van der Waals surface area contributed by atoms with Crippen molar-refractivity contribution in [3.63, 3.8) is 0 Å². The Morgan fingerprint density at radius 1 is 1.56 bits per heavy atom. The van der Waals surface area contributed by atoms with Crippen LogP contribution in [0.15, 0.2) is 34.8 Å². The normalized spacial score (nSPS) is 19.7. The van der Waals surface area contributed by atoms with E-state index in [0.29, 0.717) is 6.54 Å². The Morgan fingerprint density at radius 3 is 3.06 bits per heavy atom. The second kappa shape index (κ2) is 6.16. The van der Waals surface area contributed by atoms with Gasteiger partial charge in [-0.2, -0.15) is 0 Å². The Kier molecular flexibility index (Phi) is 4.55. The number of benzene rings is 1. The molecule has 1 aromatic carbocycles. The van der Waals surface area contributed by atoms with Crippen molar-refractivity contribution >= 4 is 27.9 Å². The zero-order valence-electron chi connectivity index (χ0n) is 10.1. The Bertz CT molecular complexity index is 459. The molecule has 1 unspecified atom stereocenters. The van der Waals surface area contributed by atoms with Crippen molar-refractivity contribution in [2.45, 2.75) is 6.42 Å². The molecule has 1 aliphatic rings. The lowest BCUT2D eigenvalue weighted by Crippen LogP contribution is -2.27. The predicted octanol–water partition coefficient (Wildman–Crippen LogP) is 2.30. The molecule has 3 nitrogen and oxygen atoms in total. The molecule has 1 aliphatic heterocycles. The fourth-order valence-corrected chi connectivity index (χ4v) is 2.48. The first kappa shape index (κ1) is 13.3. The third-order valence-corrected chi connectivity index (χ3v) is 3.62. The van der Waals surface area contributed by atoms with Gasteiger partial charge in [0.2, 0.25) is 5.91 Å². The van der Waals surface area contributed by atoms with Gasteiger partial charge in [0.05, 0.1) is 0 Å². The molecule has 1 N–H and O–H groups in total. The molecule has 0 aliphatic carbocycles. The molecule has 0 spiro atoms. The summed E-state index contributed by atoms with van der Waals surface area (Å²) in [5.41, 5.74) is 0.996. The lowest BCUT2D eigenvalue weighted by molar-refractivity contribution is -0.125.